The van der Waals surface area contributed by atoms with Crippen LogP contribution in [0.4, 0.5) is 0 Å². The maximum atomic E-state index is 13.5. The van der Waals surface area contributed by atoms with Gasteiger partial charge in [-0.3, -0.25) is 14.2 Å². The molecule has 0 aliphatic rings. The number of nitrogens with one attached hydrogen (secondary N) is 1. The molecule has 9 heteroatoms. The zero-order valence-corrected chi connectivity index (χ0v) is 19.9. The van der Waals surface area contributed by atoms with E-state index in [2.05, 4.69) is 15.4 Å². The minimum atomic E-state index is -0.486. The Balaban J connectivity index is 1.56. The minimum Gasteiger partial charge on any atom is -0.496 e. The van der Waals surface area contributed by atoms with Crippen LogP contribution in [0.15, 0.2) is 71.5 Å². The first-order valence-corrected chi connectivity index (χ1v) is 11.4. The quantitative estimate of drug-likeness (QED) is 0.391. The van der Waals surface area contributed by atoms with Crippen LogP contribution < -0.4 is 15.6 Å². The maximum absolute atomic E-state index is 13.5. The van der Waals surface area contributed by atoms with Gasteiger partial charge in [-0.25, -0.2) is 4.52 Å². The molecular formula is C26H22ClN5O3. The van der Waals surface area contributed by atoms with Crippen molar-refractivity contribution in [3.8, 4) is 5.75 Å². The number of rotatable bonds is 6. The van der Waals surface area contributed by atoms with E-state index in [1.165, 1.54) is 4.52 Å². The summed E-state index contributed by atoms with van der Waals surface area (Å²) in [5, 5.41) is 7.78. The zero-order valence-electron chi connectivity index (χ0n) is 19.2. The molecule has 176 valence electrons. The topological polar surface area (TPSA) is 90.5 Å². The number of fused-ring (bicyclic) bond motifs is 3. The lowest BCUT2D eigenvalue weighted by molar-refractivity contribution is 0.0940. The highest BCUT2D eigenvalue weighted by molar-refractivity contribution is 6.30. The third-order valence-corrected chi connectivity index (χ3v) is 5.99. The van der Waals surface area contributed by atoms with Gasteiger partial charge >= 0.3 is 0 Å². The van der Waals surface area contributed by atoms with Crippen molar-refractivity contribution in [1.29, 1.82) is 0 Å². The molecule has 0 fully saturated rings. The molecule has 2 aromatic heterocycles. The molecule has 0 saturated heterocycles. The third-order valence-electron chi connectivity index (χ3n) is 5.76. The number of ether oxygens (including phenoxy) is 1. The molecule has 0 saturated carbocycles. The molecule has 0 aliphatic heterocycles. The highest BCUT2D eigenvalue weighted by Crippen LogP contribution is 2.19. The Bertz CT molecular complexity index is 1640. The van der Waals surface area contributed by atoms with E-state index in [0.717, 1.165) is 16.7 Å². The lowest BCUT2D eigenvalue weighted by atomic mass is 10.2. The van der Waals surface area contributed by atoms with Crippen LogP contribution in [-0.2, 0) is 13.1 Å². The second kappa shape index (κ2) is 9.23. The van der Waals surface area contributed by atoms with Gasteiger partial charge in [-0.2, -0.15) is 4.98 Å². The van der Waals surface area contributed by atoms with Crippen molar-refractivity contribution in [2.45, 2.75) is 20.0 Å². The summed E-state index contributed by atoms with van der Waals surface area (Å²) in [6, 6.07) is 20.5. The van der Waals surface area contributed by atoms with Crippen LogP contribution in [0.3, 0.4) is 0 Å². The van der Waals surface area contributed by atoms with E-state index in [4.69, 9.17) is 16.3 Å². The number of methoxy groups -OCH3 is 1. The number of amides is 1. The number of aryl methyl sites for hydroxylation is 1. The van der Waals surface area contributed by atoms with Gasteiger partial charge in [-0.05, 0) is 48.4 Å². The van der Waals surface area contributed by atoms with Crippen molar-refractivity contribution >= 4 is 34.2 Å². The van der Waals surface area contributed by atoms with E-state index in [-0.39, 0.29) is 23.6 Å². The third kappa shape index (κ3) is 4.36. The predicted octanol–water partition coefficient (Wildman–Crippen LogP) is 3.99. The minimum absolute atomic E-state index is 0.0748. The van der Waals surface area contributed by atoms with Gasteiger partial charge in [0.1, 0.15) is 5.75 Å². The Morgan fingerprint density at radius 3 is 2.69 bits per heavy atom. The van der Waals surface area contributed by atoms with Gasteiger partial charge in [-0.1, -0.05) is 48.0 Å². The summed E-state index contributed by atoms with van der Waals surface area (Å²) in [6.07, 6.45) is 0. The molecule has 0 unspecified atom stereocenters. The van der Waals surface area contributed by atoms with Gasteiger partial charge < -0.3 is 10.1 Å². The van der Waals surface area contributed by atoms with Crippen molar-refractivity contribution < 1.29 is 9.53 Å². The van der Waals surface area contributed by atoms with Gasteiger partial charge in [0.05, 0.1) is 24.7 Å². The number of benzene rings is 3. The number of carbonyl (C=O) groups is 1. The summed E-state index contributed by atoms with van der Waals surface area (Å²) in [5.74, 6) is 0.0982. The molecule has 0 bridgehead atoms. The van der Waals surface area contributed by atoms with Gasteiger partial charge in [0.2, 0.25) is 11.5 Å². The number of aromatic nitrogens is 4. The van der Waals surface area contributed by atoms with E-state index in [1.54, 1.807) is 17.7 Å². The fraction of sp³-hybridized carbons (Fsp3) is 0.154. The molecule has 35 heavy (non-hydrogen) atoms. The van der Waals surface area contributed by atoms with Crippen LogP contribution in [0.5, 0.6) is 5.75 Å². The largest absolute Gasteiger partial charge is 0.496 e. The Labute approximate surface area is 205 Å². The van der Waals surface area contributed by atoms with Crippen molar-refractivity contribution in [3.05, 3.63) is 105 Å². The number of para-hydroxylation sites is 1. The SMILES string of the molecule is COc1ccccc1CNC(=O)c1nc2c(=O)n(Cc3cccc(Cl)c3)c3cc(C)ccc3n2n1. The van der Waals surface area contributed by atoms with Crippen LogP contribution in [0.25, 0.3) is 16.7 Å². The molecule has 1 N–H and O–H groups in total. The summed E-state index contributed by atoms with van der Waals surface area (Å²) < 4.78 is 8.40. The first-order valence-electron chi connectivity index (χ1n) is 11.0. The molecule has 2 heterocycles. The van der Waals surface area contributed by atoms with Crippen LogP contribution >= 0.6 is 11.6 Å². The first kappa shape index (κ1) is 22.6. The van der Waals surface area contributed by atoms with E-state index in [0.29, 0.717) is 28.4 Å². The van der Waals surface area contributed by atoms with Crippen LogP contribution in [-0.4, -0.2) is 32.2 Å². The monoisotopic (exact) mass is 487 g/mol. The molecule has 3 aromatic carbocycles. The van der Waals surface area contributed by atoms with Gasteiger partial charge in [0.15, 0.2) is 0 Å². The van der Waals surface area contributed by atoms with Gasteiger partial charge in [-0.15, -0.1) is 5.10 Å². The van der Waals surface area contributed by atoms with Crippen LogP contribution in [0.2, 0.25) is 5.02 Å². The lowest BCUT2D eigenvalue weighted by Crippen LogP contribution is -2.24. The molecular weight excluding hydrogens is 466 g/mol. The second-order valence-electron chi connectivity index (χ2n) is 8.18. The molecule has 0 spiro atoms. The summed E-state index contributed by atoms with van der Waals surface area (Å²) in [6.45, 7) is 2.49. The van der Waals surface area contributed by atoms with E-state index < -0.39 is 5.91 Å². The van der Waals surface area contributed by atoms with Crippen LogP contribution in [0.1, 0.15) is 27.3 Å². The average Bonchev–Trinajstić information content (AvgIpc) is 3.31. The Hall–Kier alpha value is -4.17. The predicted molar refractivity (Wildman–Crippen MR) is 134 cm³/mol. The van der Waals surface area contributed by atoms with Crippen molar-refractivity contribution in [3.63, 3.8) is 0 Å². The molecule has 0 aliphatic carbocycles. The fourth-order valence-electron chi connectivity index (χ4n) is 4.05. The molecule has 1 amide bonds. The number of carbonyl (C=O) groups excluding carboxylic acids is 1. The standard InChI is InChI=1S/C26H22ClN5O3/c1-16-10-11-20-21(12-16)31(15-17-6-5-8-19(27)13-17)26(34)24-29-23(30-32(20)24)25(33)28-14-18-7-3-4-9-22(18)35-2/h3-13H,14-15H2,1-2H3,(H,28,33). The fourth-order valence-corrected chi connectivity index (χ4v) is 4.26. The number of hydrogen-bond donors (Lipinski definition) is 1. The van der Waals surface area contributed by atoms with Crippen molar-refractivity contribution in [2.75, 3.05) is 7.11 Å². The summed E-state index contributed by atoms with van der Waals surface area (Å²) in [4.78, 5) is 30.7. The summed E-state index contributed by atoms with van der Waals surface area (Å²) >= 11 is 6.15. The van der Waals surface area contributed by atoms with Gasteiger partial charge in [0, 0.05) is 17.1 Å². The number of halogens is 1. The Morgan fingerprint density at radius 1 is 1.06 bits per heavy atom. The zero-order chi connectivity index (χ0) is 24.5. The molecule has 5 aromatic rings. The summed E-state index contributed by atoms with van der Waals surface area (Å²) in [7, 11) is 1.57. The lowest BCUT2D eigenvalue weighted by Gasteiger charge is -2.12. The Morgan fingerprint density at radius 2 is 1.89 bits per heavy atom. The van der Waals surface area contributed by atoms with E-state index >= 15 is 0 Å². The number of nitrogens with zero attached hydrogens (tertiary/aromatic N) is 4. The normalized spacial score (nSPS) is 11.2. The van der Waals surface area contributed by atoms with E-state index in [9.17, 15) is 9.59 Å². The average molecular weight is 488 g/mol. The van der Waals surface area contributed by atoms with Crippen LogP contribution in [0, 0.1) is 6.92 Å². The van der Waals surface area contributed by atoms with Gasteiger partial charge in [0.25, 0.3) is 11.5 Å². The number of hydrogen-bond acceptors (Lipinski definition) is 5. The molecule has 8 nitrogen and oxygen atoms in total. The second-order valence-corrected chi connectivity index (χ2v) is 8.62. The highest BCUT2D eigenvalue weighted by Gasteiger charge is 2.19. The first-order chi connectivity index (χ1) is 16.9. The molecule has 5 rings (SSSR count). The van der Waals surface area contributed by atoms with Crippen molar-refractivity contribution in [1.82, 2.24) is 24.5 Å². The smallest absolute Gasteiger partial charge is 0.296 e. The maximum Gasteiger partial charge on any atom is 0.296 e. The Kier molecular flexibility index (Phi) is 5.96. The highest BCUT2D eigenvalue weighted by atomic mass is 35.5. The molecule has 0 atom stereocenters. The molecule has 0 radical (unpaired) electrons. The van der Waals surface area contributed by atoms with E-state index in [1.807, 2.05) is 67.6 Å². The summed E-state index contributed by atoms with van der Waals surface area (Å²) in [5.41, 5.74) is 3.77. The van der Waals surface area contributed by atoms with Crippen molar-refractivity contribution in [2.24, 2.45) is 0 Å².